The van der Waals surface area contributed by atoms with Crippen molar-refractivity contribution >= 4 is 0 Å². The largest absolute Gasteiger partial charge is 0.493 e. The molecule has 0 spiro atoms. The van der Waals surface area contributed by atoms with Crippen LogP contribution in [0.4, 0.5) is 0 Å². The summed E-state index contributed by atoms with van der Waals surface area (Å²) in [7, 11) is 3.33. The Hall–Kier alpha value is -2.40. The molecule has 24 heavy (non-hydrogen) atoms. The maximum atomic E-state index is 5.77. The molecule has 1 atom stereocenters. The van der Waals surface area contributed by atoms with Crippen molar-refractivity contribution in [3.63, 3.8) is 0 Å². The first-order chi connectivity index (χ1) is 11.8. The summed E-state index contributed by atoms with van der Waals surface area (Å²) in [6.45, 7) is 2.10. The summed E-state index contributed by atoms with van der Waals surface area (Å²) in [5.41, 5.74) is 3.56. The van der Waals surface area contributed by atoms with Gasteiger partial charge in [-0.3, -0.25) is 0 Å². The van der Waals surface area contributed by atoms with Gasteiger partial charge in [0.1, 0.15) is 13.2 Å². The average Bonchev–Trinajstić information content (AvgIpc) is 2.65. The van der Waals surface area contributed by atoms with Crippen molar-refractivity contribution in [1.82, 2.24) is 5.32 Å². The fourth-order valence-corrected chi connectivity index (χ4v) is 3.51. The third-order valence-corrected chi connectivity index (χ3v) is 4.60. The van der Waals surface area contributed by atoms with Crippen molar-refractivity contribution in [2.75, 3.05) is 34.0 Å². The van der Waals surface area contributed by atoms with E-state index in [4.69, 9.17) is 18.9 Å². The van der Waals surface area contributed by atoms with Crippen LogP contribution in [-0.4, -0.2) is 34.0 Å². The number of ether oxygens (including phenoxy) is 4. The predicted octanol–water partition coefficient (Wildman–Crippen LogP) is 2.71. The minimum absolute atomic E-state index is 0.0367. The number of hydrogen-bond acceptors (Lipinski definition) is 5. The fourth-order valence-electron chi connectivity index (χ4n) is 3.51. The average molecular weight is 327 g/mol. The minimum Gasteiger partial charge on any atom is -0.493 e. The van der Waals surface area contributed by atoms with Crippen molar-refractivity contribution in [2.45, 2.75) is 12.5 Å². The predicted molar refractivity (Wildman–Crippen MR) is 90.5 cm³/mol. The van der Waals surface area contributed by atoms with Gasteiger partial charge in [0.05, 0.1) is 20.3 Å². The summed E-state index contributed by atoms with van der Waals surface area (Å²) in [5, 5.41) is 3.59. The molecule has 5 heteroatoms. The molecule has 0 radical (unpaired) electrons. The lowest BCUT2D eigenvalue weighted by Gasteiger charge is -2.31. The molecule has 2 aromatic carbocycles. The number of rotatable bonds is 3. The van der Waals surface area contributed by atoms with E-state index in [9.17, 15) is 0 Å². The summed E-state index contributed by atoms with van der Waals surface area (Å²) in [5.74, 6) is 3.16. The van der Waals surface area contributed by atoms with Gasteiger partial charge in [0.15, 0.2) is 23.0 Å². The van der Waals surface area contributed by atoms with Crippen LogP contribution in [0.25, 0.3) is 0 Å². The Kier molecular flexibility index (Phi) is 3.94. The summed E-state index contributed by atoms with van der Waals surface area (Å²) >= 11 is 0. The third-order valence-electron chi connectivity index (χ3n) is 4.60. The van der Waals surface area contributed by atoms with E-state index in [1.807, 2.05) is 12.1 Å². The Balaban J connectivity index is 1.82. The molecule has 5 nitrogen and oxygen atoms in total. The highest BCUT2D eigenvalue weighted by atomic mass is 16.6. The van der Waals surface area contributed by atoms with Crippen LogP contribution in [0.3, 0.4) is 0 Å². The van der Waals surface area contributed by atoms with E-state index in [0.717, 1.165) is 41.5 Å². The van der Waals surface area contributed by atoms with Crippen LogP contribution in [0, 0.1) is 0 Å². The molecular formula is C19H21NO4. The summed E-state index contributed by atoms with van der Waals surface area (Å²) in [6.07, 6.45) is 0.967. The number of nitrogens with one attached hydrogen (secondary N) is 1. The van der Waals surface area contributed by atoms with Crippen molar-refractivity contribution in [3.05, 3.63) is 47.0 Å². The third kappa shape index (κ3) is 2.45. The molecule has 0 aliphatic carbocycles. The van der Waals surface area contributed by atoms with Crippen LogP contribution in [0.1, 0.15) is 22.7 Å². The first-order valence-electron chi connectivity index (χ1n) is 8.18. The molecule has 2 heterocycles. The molecule has 0 bridgehead atoms. The van der Waals surface area contributed by atoms with Crippen LogP contribution in [-0.2, 0) is 6.42 Å². The molecule has 0 fully saturated rings. The molecule has 1 N–H and O–H groups in total. The lowest BCUT2D eigenvalue weighted by Crippen LogP contribution is -2.31. The highest BCUT2D eigenvalue weighted by molar-refractivity contribution is 5.56. The topological polar surface area (TPSA) is 49.0 Å². The zero-order chi connectivity index (χ0) is 16.5. The lowest BCUT2D eigenvalue weighted by atomic mass is 9.88. The van der Waals surface area contributed by atoms with Gasteiger partial charge in [0.2, 0.25) is 0 Å². The van der Waals surface area contributed by atoms with Gasteiger partial charge in [-0.05, 0) is 35.7 Å². The Morgan fingerprint density at radius 3 is 2.54 bits per heavy atom. The Bertz CT molecular complexity index is 759. The van der Waals surface area contributed by atoms with Gasteiger partial charge in [-0.2, -0.15) is 0 Å². The fraction of sp³-hybridized carbons (Fsp3) is 0.368. The van der Waals surface area contributed by atoms with Gasteiger partial charge in [-0.25, -0.2) is 0 Å². The standard InChI is InChI=1S/C19H21NO4/c1-21-15-5-3-4-13(19(15)22-2)18-14-11-17-16(23-8-9-24-17)10-12(14)6-7-20-18/h3-5,10-11,18,20H,6-9H2,1-2H3. The van der Waals surface area contributed by atoms with Gasteiger partial charge in [0, 0.05) is 12.1 Å². The lowest BCUT2D eigenvalue weighted by molar-refractivity contribution is 0.171. The Labute approximate surface area is 141 Å². The number of methoxy groups -OCH3 is 2. The van der Waals surface area contributed by atoms with Gasteiger partial charge >= 0.3 is 0 Å². The molecule has 0 saturated carbocycles. The monoisotopic (exact) mass is 327 g/mol. The smallest absolute Gasteiger partial charge is 0.165 e. The first kappa shape index (κ1) is 15.1. The second kappa shape index (κ2) is 6.24. The SMILES string of the molecule is COc1cccc(C2NCCc3cc4c(cc32)OCCO4)c1OC. The molecule has 0 saturated heterocycles. The van der Waals surface area contributed by atoms with Gasteiger partial charge in [-0.1, -0.05) is 12.1 Å². The highest BCUT2D eigenvalue weighted by Crippen LogP contribution is 2.42. The zero-order valence-electron chi connectivity index (χ0n) is 13.9. The normalized spacial score (nSPS) is 18.7. The number of hydrogen-bond donors (Lipinski definition) is 1. The second-order valence-electron chi connectivity index (χ2n) is 5.91. The maximum Gasteiger partial charge on any atom is 0.165 e. The Morgan fingerprint density at radius 1 is 1.00 bits per heavy atom. The number of benzene rings is 2. The highest BCUT2D eigenvalue weighted by Gasteiger charge is 2.28. The van der Waals surface area contributed by atoms with Gasteiger partial charge < -0.3 is 24.3 Å². The van der Waals surface area contributed by atoms with E-state index in [2.05, 4.69) is 23.5 Å². The van der Waals surface area contributed by atoms with Crippen LogP contribution >= 0.6 is 0 Å². The van der Waals surface area contributed by atoms with Crippen molar-refractivity contribution in [3.8, 4) is 23.0 Å². The summed E-state index contributed by atoms with van der Waals surface area (Å²) in [4.78, 5) is 0. The first-order valence-corrected chi connectivity index (χ1v) is 8.18. The molecule has 2 aromatic rings. The maximum absolute atomic E-state index is 5.77. The van der Waals surface area contributed by atoms with Gasteiger partial charge in [0.25, 0.3) is 0 Å². The van der Waals surface area contributed by atoms with Crippen molar-refractivity contribution in [1.29, 1.82) is 0 Å². The van der Waals surface area contributed by atoms with E-state index >= 15 is 0 Å². The van der Waals surface area contributed by atoms with Crippen LogP contribution in [0.15, 0.2) is 30.3 Å². The second-order valence-corrected chi connectivity index (χ2v) is 5.91. The molecule has 0 amide bonds. The van der Waals surface area contributed by atoms with E-state index in [1.165, 1.54) is 11.1 Å². The van der Waals surface area contributed by atoms with E-state index in [1.54, 1.807) is 14.2 Å². The van der Waals surface area contributed by atoms with E-state index in [-0.39, 0.29) is 6.04 Å². The van der Waals surface area contributed by atoms with Crippen LogP contribution in [0.2, 0.25) is 0 Å². The summed E-state index contributed by atoms with van der Waals surface area (Å²) in [6, 6.07) is 10.2. The molecule has 4 rings (SSSR count). The van der Waals surface area contributed by atoms with Crippen LogP contribution < -0.4 is 24.3 Å². The van der Waals surface area contributed by atoms with Crippen molar-refractivity contribution < 1.29 is 18.9 Å². The van der Waals surface area contributed by atoms with E-state index < -0.39 is 0 Å². The van der Waals surface area contributed by atoms with Crippen LogP contribution in [0.5, 0.6) is 23.0 Å². The minimum atomic E-state index is 0.0367. The molecule has 0 aromatic heterocycles. The number of fused-ring (bicyclic) bond motifs is 2. The van der Waals surface area contributed by atoms with E-state index in [0.29, 0.717) is 13.2 Å². The molecular weight excluding hydrogens is 306 g/mol. The quantitative estimate of drug-likeness (QED) is 0.939. The summed E-state index contributed by atoms with van der Waals surface area (Å²) < 4.78 is 22.6. The van der Waals surface area contributed by atoms with Crippen molar-refractivity contribution in [2.24, 2.45) is 0 Å². The molecule has 1 unspecified atom stereocenters. The number of para-hydroxylation sites is 1. The van der Waals surface area contributed by atoms with Gasteiger partial charge in [-0.15, -0.1) is 0 Å². The molecule has 2 aliphatic heterocycles. The zero-order valence-corrected chi connectivity index (χ0v) is 13.9. The Morgan fingerprint density at radius 2 is 1.79 bits per heavy atom. The molecule has 2 aliphatic rings. The molecule has 126 valence electrons.